The number of pyridine rings is 1. The normalized spacial score (nSPS) is 16.8. The predicted octanol–water partition coefficient (Wildman–Crippen LogP) is 1.31. The van der Waals surface area contributed by atoms with Crippen LogP contribution in [0.25, 0.3) is 0 Å². The zero-order valence-corrected chi connectivity index (χ0v) is 7.29. The molecule has 4 heteroatoms. The number of aryl methyl sites for hydroxylation is 1. The molecule has 0 aliphatic carbocycles. The molecular weight excluding hydrogens is 173 g/mol. The molecule has 0 bridgehead atoms. The first kappa shape index (κ1) is 8.44. The molecule has 1 fully saturated rings. The predicted molar refractivity (Wildman–Crippen MR) is 44.2 cm³/mol. The van der Waals surface area contributed by atoms with Crippen molar-refractivity contribution in [3.8, 4) is 5.88 Å². The third-order valence-corrected chi connectivity index (χ3v) is 1.89. The maximum absolute atomic E-state index is 12.8. The molecule has 2 rings (SSSR count). The summed E-state index contributed by atoms with van der Waals surface area (Å²) >= 11 is 0. The van der Waals surface area contributed by atoms with Crippen LogP contribution in [0, 0.1) is 12.7 Å². The maximum atomic E-state index is 12.8. The quantitative estimate of drug-likeness (QED) is 0.692. The molecule has 1 aliphatic heterocycles. The van der Waals surface area contributed by atoms with E-state index in [0.29, 0.717) is 24.8 Å². The highest BCUT2D eigenvalue weighted by Crippen LogP contribution is 2.15. The molecule has 0 amide bonds. The summed E-state index contributed by atoms with van der Waals surface area (Å²) in [7, 11) is 0. The monoisotopic (exact) mass is 183 g/mol. The number of nitrogens with zero attached hydrogens (tertiary/aromatic N) is 1. The van der Waals surface area contributed by atoms with Gasteiger partial charge in [0.05, 0.1) is 18.9 Å². The molecule has 1 aromatic rings. The van der Waals surface area contributed by atoms with Crippen molar-refractivity contribution in [2.45, 2.75) is 13.0 Å². The molecule has 0 unspecified atom stereocenters. The van der Waals surface area contributed by atoms with Crippen LogP contribution in [0.1, 0.15) is 5.69 Å². The summed E-state index contributed by atoms with van der Waals surface area (Å²) in [5.41, 5.74) is 0.359. The third kappa shape index (κ3) is 1.78. The molecule has 1 aromatic heterocycles. The van der Waals surface area contributed by atoms with Crippen molar-refractivity contribution in [1.82, 2.24) is 4.98 Å². The molecule has 1 aliphatic rings. The number of halogens is 1. The van der Waals surface area contributed by atoms with Crippen LogP contribution in [0.3, 0.4) is 0 Å². The molecule has 2 heterocycles. The van der Waals surface area contributed by atoms with Gasteiger partial charge >= 0.3 is 0 Å². The van der Waals surface area contributed by atoms with Crippen LogP contribution in [0.15, 0.2) is 12.1 Å². The summed E-state index contributed by atoms with van der Waals surface area (Å²) in [6.45, 7) is 2.80. The van der Waals surface area contributed by atoms with E-state index in [1.165, 1.54) is 12.1 Å². The topological polar surface area (TPSA) is 31.4 Å². The van der Waals surface area contributed by atoms with Crippen LogP contribution >= 0.6 is 0 Å². The molecule has 70 valence electrons. The fraction of sp³-hybridized carbons (Fsp3) is 0.444. The van der Waals surface area contributed by atoms with Gasteiger partial charge in [0.2, 0.25) is 5.88 Å². The van der Waals surface area contributed by atoms with E-state index < -0.39 is 0 Å². The molecule has 0 aromatic carbocycles. The first-order chi connectivity index (χ1) is 6.25. The van der Waals surface area contributed by atoms with E-state index in [4.69, 9.17) is 9.47 Å². The Morgan fingerprint density at radius 3 is 2.85 bits per heavy atom. The second-order valence-electron chi connectivity index (χ2n) is 2.99. The van der Waals surface area contributed by atoms with E-state index in [1.807, 2.05) is 0 Å². The Morgan fingerprint density at radius 1 is 1.54 bits per heavy atom. The van der Waals surface area contributed by atoms with Gasteiger partial charge in [-0.1, -0.05) is 0 Å². The lowest BCUT2D eigenvalue weighted by molar-refractivity contribution is -0.0814. The minimum absolute atomic E-state index is 0.0809. The lowest BCUT2D eigenvalue weighted by atomic mass is 10.3. The maximum Gasteiger partial charge on any atom is 0.214 e. The molecule has 0 N–H and O–H groups in total. The van der Waals surface area contributed by atoms with Gasteiger partial charge in [-0.2, -0.15) is 0 Å². The fourth-order valence-electron chi connectivity index (χ4n) is 1.04. The number of hydrogen-bond acceptors (Lipinski definition) is 3. The van der Waals surface area contributed by atoms with Crippen LogP contribution in [0.2, 0.25) is 0 Å². The molecule has 0 spiro atoms. The molecule has 0 saturated carbocycles. The average Bonchev–Trinajstić information content (AvgIpc) is 2.04. The molecule has 0 atom stereocenters. The van der Waals surface area contributed by atoms with Crippen molar-refractivity contribution in [3.63, 3.8) is 0 Å². The van der Waals surface area contributed by atoms with Gasteiger partial charge in [0, 0.05) is 6.07 Å². The van der Waals surface area contributed by atoms with Crippen LogP contribution < -0.4 is 4.74 Å². The third-order valence-electron chi connectivity index (χ3n) is 1.89. The summed E-state index contributed by atoms with van der Waals surface area (Å²) in [5.74, 6) is 0.157. The summed E-state index contributed by atoms with van der Waals surface area (Å²) in [4.78, 5) is 3.94. The zero-order chi connectivity index (χ0) is 9.26. The van der Waals surface area contributed by atoms with Gasteiger partial charge in [-0.25, -0.2) is 9.37 Å². The number of aromatic nitrogens is 1. The smallest absolute Gasteiger partial charge is 0.214 e. The molecule has 1 saturated heterocycles. The lowest BCUT2D eigenvalue weighted by Gasteiger charge is -2.26. The summed E-state index contributed by atoms with van der Waals surface area (Å²) < 4.78 is 23.1. The van der Waals surface area contributed by atoms with E-state index in [0.717, 1.165) is 0 Å². The molecule has 3 nitrogen and oxygen atoms in total. The Bertz CT molecular complexity index is 312. The zero-order valence-electron chi connectivity index (χ0n) is 7.29. The highest BCUT2D eigenvalue weighted by molar-refractivity contribution is 5.16. The van der Waals surface area contributed by atoms with Crippen LogP contribution in [-0.4, -0.2) is 24.3 Å². The standard InChI is InChI=1S/C9H10FNO2/c1-6-8(10)2-3-9(11-6)13-7-4-12-5-7/h2-3,7H,4-5H2,1H3. The first-order valence-electron chi connectivity index (χ1n) is 4.13. The Kier molecular flexibility index (Phi) is 2.14. The van der Waals surface area contributed by atoms with E-state index in [1.54, 1.807) is 6.92 Å². The van der Waals surface area contributed by atoms with Gasteiger partial charge in [-0.15, -0.1) is 0 Å². The van der Waals surface area contributed by atoms with Crippen LogP contribution in [0.5, 0.6) is 5.88 Å². The SMILES string of the molecule is Cc1nc(OC2COC2)ccc1F. The highest BCUT2D eigenvalue weighted by atomic mass is 19.1. The number of rotatable bonds is 2. The Labute approximate surface area is 75.5 Å². The summed E-state index contributed by atoms with van der Waals surface area (Å²) in [5, 5.41) is 0. The summed E-state index contributed by atoms with van der Waals surface area (Å²) in [6, 6.07) is 2.89. The number of hydrogen-bond donors (Lipinski definition) is 0. The second kappa shape index (κ2) is 3.30. The van der Waals surface area contributed by atoms with Crippen LogP contribution in [-0.2, 0) is 4.74 Å². The van der Waals surface area contributed by atoms with Gasteiger partial charge in [0.25, 0.3) is 0 Å². The van der Waals surface area contributed by atoms with E-state index in [2.05, 4.69) is 4.98 Å². The highest BCUT2D eigenvalue weighted by Gasteiger charge is 2.20. The van der Waals surface area contributed by atoms with Crippen molar-refractivity contribution in [2.24, 2.45) is 0 Å². The van der Waals surface area contributed by atoms with Crippen molar-refractivity contribution in [3.05, 3.63) is 23.6 Å². The van der Waals surface area contributed by atoms with E-state index in [9.17, 15) is 4.39 Å². The minimum Gasteiger partial charge on any atom is -0.469 e. The molecular formula is C9H10FNO2. The number of ether oxygens (including phenoxy) is 2. The average molecular weight is 183 g/mol. The lowest BCUT2D eigenvalue weighted by Crippen LogP contribution is -2.38. The van der Waals surface area contributed by atoms with Crippen molar-refractivity contribution in [1.29, 1.82) is 0 Å². The van der Waals surface area contributed by atoms with Crippen molar-refractivity contribution >= 4 is 0 Å². The largest absolute Gasteiger partial charge is 0.469 e. The fourth-order valence-corrected chi connectivity index (χ4v) is 1.04. The van der Waals surface area contributed by atoms with E-state index >= 15 is 0 Å². The van der Waals surface area contributed by atoms with Gasteiger partial charge < -0.3 is 9.47 Å². The summed E-state index contributed by atoms with van der Waals surface area (Å²) in [6.07, 6.45) is 0.0809. The van der Waals surface area contributed by atoms with Crippen molar-refractivity contribution < 1.29 is 13.9 Å². The van der Waals surface area contributed by atoms with E-state index in [-0.39, 0.29) is 11.9 Å². The van der Waals surface area contributed by atoms with Crippen molar-refractivity contribution in [2.75, 3.05) is 13.2 Å². The Morgan fingerprint density at radius 2 is 2.31 bits per heavy atom. The van der Waals surface area contributed by atoms with Gasteiger partial charge in [0.1, 0.15) is 11.9 Å². The Balaban J connectivity index is 2.07. The van der Waals surface area contributed by atoms with Gasteiger partial charge in [-0.3, -0.25) is 0 Å². The van der Waals surface area contributed by atoms with Gasteiger partial charge in [-0.05, 0) is 13.0 Å². The Hall–Kier alpha value is -1.16. The second-order valence-corrected chi connectivity index (χ2v) is 2.99. The first-order valence-corrected chi connectivity index (χ1v) is 4.13. The van der Waals surface area contributed by atoms with Crippen LogP contribution in [0.4, 0.5) is 4.39 Å². The molecule has 13 heavy (non-hydrogen) atoms. The minimum atomic E-state index is -0.308. The van der Waals surface area contributed by atoms with Gasteiger partial charge in [0.15, 0.2) is 0 Å². The molecule has 0 radical (unpaired) electrons.